The number of hydrogen-bond acceptors (Lipinski definition) is 4. The van der Waals surface area contributed by atoms with Crippen molar-refractivity contribution in [3.8, 4) is 11.5 Å². The molecule has 0 radical (unpaired) electrons. The molecule has 3 N–H and O–H groups in total. The first-order valence-electron chi connectivity index (χ1n) is 5.96. The second kappa shape index (κ2) is 5.92. The van der Waals surface area contributed by atoms with E-state index in [1.165, 1.54) is 6.07 Å². The summed E-state index contributed by atoms with van der Waals surface area (Å²) < 4.78 is 6.46. The topological polar surface area (TPSA) is 102 Å². The molecule has 108 valence electrons. The van der Waals surface area contributed by atoms with E-state index in [1.807, 2.05) is 0 Å². The molecule has 2 rings (SSSR count). The zero-order valence-electron chi connectivity index (χ0n) is 11.1. The zero-order chi connectivity index (χ0) is 15.6. The minimum atomic E-state index is -0.463. The lowest BCUT2D eigenvalue weighted by Crippen LogP contribution is -2.12. The van der Waals surface area contributed by atoms with E-state index in [4.69, 9.17) is 15.9 Å². The van der Waals surface area contributed by atoms with Crippen LogP contribution >= 0.6 is 15.9 Å². The number of amidine groups is 1. The number of nitro benzene ring substituents is 1. The second-order valence-electron chi connectivity index (χ2n) is 4.31. The van der Waals surface area contributed by atoms with Crippen LogP contribution in [-0.4, -0.2) is 10.8 Å². The Balaban J connectivity index is 2.46. The summed E-state index contributed by atoms with van der Waals surface area (Å²) >= 11 is 3.30. The summed E-state index contributed by atoms with van der Waals surface area (Å²) in [4.78, 5) is 10.5. The average molecular weight is 350 g/mol. The van der Waals surface area contributed by atoms with Crippen LogP contribution in [-0.2, 0) is 0 Å². The van der Waals surface area contributed by atoms with E-state index in [-0.39, 0.29) is 11.5 Å². The Morgan fingerprint density at radius 1 is 1.33 bits per heavy atom. The molecule has 0 atom stereocenters. The predicted molar refractivity (Wildman–Crippen MR) is 83.1 cm³/mol. The second-order valence-corrected chi connectivity index (χ2v) is 5.23. The summed E-state index contributed by atoms with van der Waals surface area (Å²) in [5.41, 5.74) is 6.34. The molecule has 0 amide bonds. The fourth-order valence-corrected chi connectivity index (χ4v) is 2.19. The third-order valence-electron chi connectivity index (χ3n) is 2.90. The van der Waals surface area contributed by atoms with Crippen LogP contribution in [0.1, 0.15) is 11.1 Å². The number of nitrogens with one attached hydrogen (secondary N) is 1. The van der Waals surface area contributed by atoms with Crippen molar-refractivity contribution in [2.75, 3.05) is 0 Å². The van der Waals surface area contributed by atoms with Crippen molar-refractivity contribution in [1.29, 1.82) is 5.41 Å². The smallest absolute Gasteiger partial charge is 0.276 e. The summed E-state index contributed by atoms with van der Waals surface area (Å²) in [6.07, 6.45) is 0. The maximum Gasteiger partial charge on any atom is 0.276 e. The van der Waals surface area contributed by atoms with E-state index >= 15 is 0 Å². The summed E-state index contributed by atoms with van der Waals surface area (Å²) in [5, 5.41) is 18.5. The zero-order valence-corrected chi connectivity index (χ0v) is 12.7. The van der Waals surface area contributed by atoms with Crippen molar-refractivity contribution in [1.82, 2.24) is 0 Å². The van der Waals surface area contributed by atoms with Gasteiger partial charge in [-0.05, 0) is 31.2 Å². The molecular weight excluding hydrogens is 338 g/mol. The van der Waals surface area contributed by atoms with Crippen molar-refractivity contribution in [3.63, 3.8) is 0 Å². The Labute approximate surface area is 129 Å². The van der Waals surface area contributed by atoms with Crippen molar-refractivity contribution in [3.05, 3.63) is 62.1 Å². The third-order valence-corrected chi connectivity index (χ3v) is 3.40. The summed E-state index contributed by atoms with van der Waals surface area (Å²) in [6.45, 7) is 1.61. The molecule has 6 nitrogen and oxygen atoms in total. The molecule has 21 heavy (non-hydrogen) atoms. The van der Waals surface area contributed by atoms with Gasteiger partial charge in [0, 0.05) is 10.5 Å². The Hall–Kier alpha value is -2.41. The van der Waals surface area contributed by atoms with E-state index in [2.05, 4.69) is 15.9 Å². The Bertz CT molecular complexity index is 731. The van der Waals surface area contributed by atoms with Gasteiger partial charge in [0.05, 0.1) is 16.1 Å². The average Bonchev–Trinajstić information content (AvgIpc) is 2.42. The molecule has 0 aliphatic heterocycles. The molecule has 2 aromatic rings. The first kappa shape index (κ1) is 15.0. The van der Waals surface area contributed by atoms with Gasteiger partial charge in [-0.25, -0.2) is 0 Å². The number of rotatable bonds is 4. The van der Waals surface area contributed by atoms with Crippen LogP contribution < -0.4 is 10.5 Å². The van der Waals surface area contributed by atoms with Crippen LogP contribution in [0.3, 0.4) is 0 Å². The molecule has 2 aromatic carbocycles. The van der Waals surface area contributed by atoms with Gasteiger partial charge in [0.2, 0.25) is 0 Å². The van der Waals surface area contributed by atoms with Gasteiger partial charge in [-0.2, -0.15) is 0 Å². The van der Waals surface area contributed by atoms with Crippen LogP contribution in [0, 0.1) is 22.4 Å². The fraction of sp³-hybridized carbons (Fsp3) is 0.0714. The highest BCUT2D eigenvalue weighted by molar-refractivity contribution is 9.10. The maximum absolute atomic E-state index is 10.9. The van der Waals surface area contributed by atoms with Crippen LogP contribution in [0.25, 0.3) is 0 Å². The predicted octanol–water partition coefficient (Wildman–Crippen LogP) is 3.74. The van der Waals surface area contributed by atoms with Gasteiger partial charge in [-0.1, -0.05) is 22.0 Å². The molecule has 0 bridgehead atoms. The summed E-state index contributed by atoms with van der Waals surface area (Å²) in [6, 6.07) is 9.65. The van der Waals surface area contributed by atoms with Crippen LogP contribution in [0.5, 0.6) is 11.5 Å². The van der Waals surface area contributed by atoms with Gasteiger partial charge in [0.1, 0.15) is 17.3 Å². The Kier molecular flexibility index (Phi) is 4.23. The van der Waals surface area contributed by atoms with Gasteiger partial charge < -0.3 is 10.5 Å². The first-order valence-corrected chi connectivity index (χ1v) is 6.75. The lowest BCUT2D eigenvalue weighted by Gasteiger charge is -2.12. The van der Waals surface area contributed by atoms with E-state index in [0.29, 0.717) is 22.6 Å². The maximum atomic E-state index is 10.9. The van der Waals surface area contributed by atoms with E-state index in [1.54, 1.807) is 37.3 Å². The molecule has 0 spiro atoms. The number of nitrogens with two attached hydrogens (primary N) is 1. The number of nitro groups is 1. The largest absolute Gasteiger partial charge is 0.456 e. The molecule has 0 saturated carbocycles. The molecular formula is C14H12BrN3O3. The fourth-order valence-electron chi connectivity index (χ4n) is 1.83. The minimum absolute atomic E-state index is 0.0195. The number of nitrogens with zero attached hydrogens (tertiary/aromatic N) is 1. The van der Waals surface area contributed by atoms with Crippen molar-refractivity contribution in [2.45, 2.75) is 6.92 Å². The number of ether oxygens (including phenoxy) is 1. The highest BCUT2D eigenvalue weighted by atomic mass is 79.9. The first-order chi connectivity index (χ1) is 9.90. The van der Waals surface area contributed by atoms with Crippen molar-refractivity contribution < 1.29 is 9.66 Å². The lowest BCUT2D eigenvalue weighted by molar-refractivity contribution is -0.385. The lowest BCUT2D eigenvalue weighted by atomic mass is 10.1. The highest BCUT2D eigenvalue weighted by Gasteiger charge is 2.16. The SMILES string of the molecule is Cc1c(Oc2ccc(Br)cc2C(=N)N)cccc1[N+](=O)[O-]. The number of hydrogen-bond donors (Lipinski definition) is 2. The molecule has 7 heteroatoms. The van der Waals surface area contributed by atoms with Crippen molar-refractivity contribution >= 4 is 27.5 Å². The van der Waals surface area contributed by atoms with E-state index in [0.717, 1.165) is 4.47 Å². The van der Waals surface area contributed by atoms with Crippen molar-refractivity contribution in [2.24, 2.45) is 5.73 Å². The minimum Gasteiger partial charge on any atom is -0.456 e. The van der Waals surface area contributed by atoms with Crippen LogP contribution in [0.2, 0.25) is 0 Å². The molecule has 0 aliphatic rings. The van der Waals surface area contributed by atoms with Gasteiger partial charge in [0.25, 0.3) is 5.69 Å². The highest BCUT2D eigenvalue weighted by Crippen LogP contribution is 2.33. The number of halogens is 1. The van der Waals surface area contributed by atoms with Gasteiger partial charge in [-0.15, -0.1) is 0 Å². The number of nitrogen functional groups attached to an aromatic ring is 1. The van der Waals surface area contributed by atoms with Gasteiger partial charge in [0.15, 0.2) is 0 Å². The molecule has 0 unspecified atom stereocenters. The third kappa shape index (κ3) is 3.19. The van der Waals surface area contributed by atoms with Gasteiger partial charge in [-0.3, -0.25) is 15.5 Å². The Morgan fingerprint density at radius 2 is 2.05 bits per heavy atom. The van der Waals surface area contributed by atoms with E-state index < -0.39 is 4.92 Å². The van der Waals surface area contributed by atoms with E-state index in [9.17, 15) is 10.1 Å². The molecule has 0 heterocycles. The van der Waals surface area contributed by atoms with Crippen LogP contribution in [0.4, 0.5) is 5.69 Å². The number of benzene rings is 2. The Morgan fingerprint density at radius 3 is 2.67 bits per heavy atom. The summed E-state index contributed by atoms with van der Waals surface area (Å²) in [7, 11) is 0. The molecule has 0 fully saturated rings. The monoisotopic (exact) mass is 349 g/mol. The summed E-state index contributed by atoms with van der Waals surface area (Å²) in [5.74, 6) is 0.581. The van der Waals surface area contributed by atoms with Gasteiger partial charge >= 0.3 is 0 Å². The molecule has 0 aromatic heterocycles. The normalized spacial score (nSPS) is 10.2. The molecule has 0 aliphatic carbocycles. The standard InChI is InChI=1S/C14H12BrN3O3/c1-8-11(18(19)20)3-2-4-12(8)21-13-6-5-9(15)7-10(13)14(16)17/h2-7H,1H3,(H3,16,17). The molecule has 0 saturated heterocycles. The van der Waals surface area contributed by atoms with Crippen LogP contribution in [0.15, 0.2) is 40.9 Å². The quantitative estimate of drug-likeness (QED) is 0.379.